The lowest BCUT2D eigenvalue weighted by Crippen LogP contribution is -2.11. The van der Waals surface area contributed by atoms with Gasteiger partial charge in [-0.15, -0.1) is 0 Å². The van der Waals surface area contributed by atoms with E-state index in [0.29, 0.717) is 33.7 Å². The Balaban J connectivity index is 1.41. The summed E-state index contributed by atoms with van der Waals surface area (Å²) in [6, 6.07) is 40.1. The van der Waals surface area contributed by atoms with Crippen LogP contribution in [0.2, 0.25) is 0 Å². The van der Waals surface area contributed by atoms with Crippen molar-refractivity contribution in [3.8, 4) is 67.5 Å². The molecule has 0 saturated carbocycles. The quantitative estimate of drug-likeness (QED) is 0.141. The van der Waals surface area contributed by atoms with Gasteiger partial charge >= 0.3 is 0 Å². The number of hydrogen-bond acceptors (Lipinski definition) is 3. The van der Waals surface area contributed by atoms with Crippen LogP contribution in [0.3, 0.4) is 0 Å². The first kappa shape index (κ1) is 39.0. The monoisotopic (exact) mass is 878 g/mol. The van der Waals surface area contributed by atoms with E-state index in [0.717, 1.165) is 72.5 Å². The van der Waals surface area contributed by atoms with E-state index in [-0.39, 0.29) is 28.6 Å². The minimum Gasteiger partial charge on any atom is -0.507 e. The molecule has 8 rings (SSSR count). The van der Waals surface area contributed by atoms with Crippen LogP contribution in [0.5, 0.6) is 5.75 Å². The predicted molar refractivity (Wildman–Crippen MR) is 282 cm³/mol. The summed E-state index contributed by atoms with van der Waals surface area (Å²) in [7, 11) is 0. The molecule has 0 aliphatic rings. The third-order valence-electron chi connectivity index (χ3n) is 13.0. The molecule has 4 heteroatoms. The number of phenols is 1. The second kappa shape index (κ2) is 18.2. The molecule has 0 radical (unpaired) electrons. The molecule has 0 bridgehead atoms. The Morgan fingerprint density at radius 1 is 0.561 bits per heavy atom. The van der Waals surface area contributed by atoms with Crippen molar-refractivity contribution >= 4 is 11.0 Å². The Bertz CT molecular complexity index is 3300. The summed E-state index contributed by atoms with van der Waals surface area (Å²) in [5, 5.41) is 12.3. The van der Waals surface area contributed by atoms with Crippen molar-refractivity contribution in [3.63, 3.8) is 0 Å². The molecule has 66 heavy (non-hydrogen) atoms. The fraction of sp³-hybridized carbons (Fsp3) is 0.323. The molecule has 8 aromatic rings. The van der Waals surface area contributed by atoms with Crippen molar-refractivity contribution in [2.24, 2.45) is 0 Å². The van der Waals surface area contributed by atoms with E-state index < -0.39 is 24.5 Å². The molecule has 0 amide bonds. The number of hydrogen-bond donors (Lipinski definition) is 1. The second-order valence-electron chi connectivity index (χ2n) is 20.3. The van der Waals surface area contributed by atoms with Crippen LogP contribution in [-0.4, -0.2) is 19.6 Å². The Kier molecular flexibility index (Phi) is 10.7. The normalized spacial score (nSPS) is 14.2. The van der Waals surface area contributed by atoms with Crippen molar-refractivity contribution < 1.29 is 13.3 Å². The summed E-state index contributed by atoms with van der Waals surface area (Å²) < 4.78 is 55.6. The summed E-state index contributed by atoms with van der Waals surface area (Å²) in [5.74, 6) is -2.02. The molecule has 6 aromatic carbocycles. The lowest BCUT2D eigenvalue weighted by Gasteiger charge is -2.22. The van der Waals surface area contributed by atoms with Gasteiger partial charge in [-0.05, 0) is 157 Å². The van der Waals surface area contributed by atoms with Crippen molar-refractivity contribution in [2.45, 2.75) is 132 Å². The van der Waals surface area contributed by atoms with Gasteiger partial charge in [0.25, 0.3) is 0 Å². The summed E-state index contributed by atoms with van der Waals surface area (Å²) in [4.78, 5) is 10.4. The topological polar surface area (TPSA) is 50.9 Å². The van der Waals surface area contributed by atoms with E-state index >= 15 is 0 Å². The molecule has 1 N–H and O–H groups in total. The zero-order valence-corrected chi connectivity index (χ0v) is 41.1. The zero-order chi connectivity index (χ0) is 52.6. The van der Waals surface area contributed by atoms with Crippen molar-refractivity contribution in [2.75, 3.05) is 0 Å². The molecule has 0 aliphatic carbocycles. The fourth-order valence-electron chi connectivity index (χ4n) is 8.79. The average molecular weight is 878 g/mol. The van der Waals surface area contributed by atoms with Crippen LogP contribution >= 0.6 is 0 Å². The van der Waals surface area contributed by atoms with Crippen LogP contribution in [0.4, 0.5) is 0 Å². The summed E-state index contributed by atoms with van der Waals surface area (Å²) in [5.41, 5.74) is 14.2. The number of para-hydroxylation sites is 1. The van der Waals surface area contributed by atoms with Gasteiger partial charge in [0.1, 0.15) is 11.6 Å². The SMILES string of the molecule is [2H]C([2H])([2H])c1cc(-c2cc(C([2H])(C)C)cc(C([2H])(C)C)c2)ccc1-n1c(-c2cc(C(C)C)cc(C(C)C)c2O)nc2c(-c3cc(-c4cc(-c5ccc(C([2H])(C)C)cc5)ccn4)cc(C(C)(C)C)c3)cccc21. The van der Waals surface area contributed by atoms with Crippen LogP contribution < -0.4 is 0 Å². The number of rotatable bonds is 11. The summed E-state index contributed by atoms with van der Waals surface area (Å²) >= 11 is 0. The zero-order valence-electron chi connectivity index (χ0n) is 47.1. The number of phenolic OH excluding ortho intramolecular Hbond substituents is 1. The maximum atomic E-state index is 12.3. The average Bonchev–Trinajstić information content (AvgIpc) is 3.69. The lowest BCUT2D eigenvalue weighted by atomic mass is 9.83. The third-order valence-corrected chi connectivity index (χ3v) is 13.0. The van der Waals surface area contributed by atoms with E-state index in [2.05, 4.69) is 97.0 Å². The number of nitrogens with zero attached hydrogens (tertiary/aromatic N) is 3. The summed E-state index contributed by atoms with van der Waals surface area (Å²) in [6.45, 7) is 23.4. The van der Waals surface area contributed by atoms with Crippen molar-refractivity contribution in [1.29, 1.82) is 0 Å². The largest absolute Gasteiger partial charge is 0.507 e. The van der Waals surface area contributed by atoms with Crippen LogP contribution in [0.1, 0.15) is 167 Å². The van der Waals surface area contributed by atoms with E-state index in [4.69, 9.17) is 18.2 Å². The highest BCUT2D eigenvalue weighted by molar-refractivity contribution is 5.97. The van der Waals surface area contributed by atoms with E-state index in [1.165, 1.54) is 0 Å². The standard InChI is InChI=1S/C62H69N3O/c1-36(2)42-18-20-43(21-19-42)45-24-25-63-56(35-45)51-30-50(31-52(32-51)62(12,13)14)53-16-15-17-58-59(53)64-61(55-34-48(39(7)8)33-54(40(9)10)60(55)66)65(58)57-23-22-44(26-41(57)11)49-28-46(37(3)4)27-47(29-49)38(5)6/h15-40,66H,1-14H3/i11D3,36D,37D,38D. The molecular weight excluding hydrogens is 803 g/mol. The number of pyridine rings is 1. The Hall–Kier alpha value is -6.26. The van der Waals surface area contributed by atoms with Crippen LogP contribution in [0, 0.1) is 6.85 Å². The number of fused-ring (bicyclic) bond motifs is 1. The molecule has 0 unspecified atom stereocenters. The highest BCUT2D eigenvalue weighted by Crippen LogP contribution is 2.44. The van der Waals surface area contributed by atoms with Crippen molar-refractivity contribution in [1.82, 2.24) is 14.5 Å². The molecular formula is C62H69N3O. The highest BCUT2D eigenvalue weighted by atomic mass is 16.3. The second-order valence-corrected chi connectivity index (χ2v) is 20.3. The maximum absolute atomic E-state index is 12.3. The summed E-state index contributed by atoms with van der Waals surface area (Å²) in [6.07, 6.45) is 1.84. The van der Waals surface area contributed by atoms with Crippen LogP contribution in [-0.2, 0) is 5.41 Å². The van der Waals surface area contributed by atoms with E-state index in [1.807, 2.05) is 119 Å². The smallest absolute Gasteiger partial charge is 0.149 e. The number of aromatic nitrogens is 3. The maximum Gasteiger partial charge on any atom is 0.149 e. The molecule has 0 spiro atoms. The lowest BCUT2D eigenvalue weighted by molar-refractivity contribution is 0.466. The van der Waals surface area contributed by atoms with Gasteiger partial charge in [0.15, 0.2) is 0 Å². The fourth-order valence-corrected chi connectivity index (χ4v) is 8.79. The van der Waals surface area contributed by atoms with Gasteiger partial charge in [0.05, 0.1) is 28.0 Å². The Morgan fingerprint density at radius 2 is 1.21 bits per heavy atom. The number of benzene rings is 6. The molecule has 2 aromatic heterocycles. The number of aryl methyl sites for hydroxylation is 1. The molecule has 0 aliphatic heterocycles. The molecule has 338 valence electrons. The van der Waals surface area contributed by atoms with Gasteiger partial charge in [-0.3, -0.25) is 9.55 Å². The third kappa shape index (κ3) is 9.12. The molecule has 0 atom stereocenters. The Morgan fingerprint density at radius 3 is 1.83 bits per heavy atom. The Labute approximate surface area is 403 Å². The van der Waals surface area contributed by atoms with E-state index in [9.17, 15) is 5.11 Å². The van der Waals surface area contributed by atoms with Crippen molar-refractivity contribution in [3.05, 3.63) is 166 Å². The van der Waals surface area contributed by atoms with Gasteiger partial charge in [-0.25, -0.2) is 4.98 Å². The van der Waals surface area contributed by atoms with Crippen LogP contribution in [0.15, 0.2) is 128 Å². The highest BCUT2D eigenvalue weighted by Gasteiger charge is 2.25. The predicted octanol–water partition coefficient (Wildman–Crippen LogP) is 17.7. The molecule has 0 saturated heterocycles. The first-order valence-electron chi connectivity index (χ1n) is 26.3. The number of aromatic hydroxyl groups is 1. The van der Waals surface area contributed by atoms with Crippen LogP contribution in [0.25, 0.3) is 72.7 Å². The van der Waals surface area contributed by atoms with Gasteiger partial charge in [0, 0.05) is 25.5 Å². The van der Waals surface area contributed by atoms with Gasteiger partial charge in [-0.1, -0.05) is 163 Å². The van der Waals surface area contributed by atoms with E-state index in [1.54, 1.807) is 6.07 Å². The number of imidazole rings is 1. The minimum absolute atomic E-state index is 0.0171. The van der Waals surface area contributed by atoms with Gasteiger partial charge in [-0.2, -0.15) is 0 Å². The minimum atomic E-state index is -2.59. The van der Waals surface area contributed by atoms with Gasteiger partial charge < -0.3 is 5.11 Å². The molecule has 2 heterocycles. The van der Waals surface area contributed by atoms with Gasteiger partial charge in [0.2, 0.25) is 0 Å². The first-order chi connectivity index (χ1) is 33.4. The molecule has 4 nitrogen and oxygen atoms in total. The molecule has 0 fully saturated rings. The first-order valence-corrected chi connectivity index (χ1v) is 23.3.